The van der Waals surface area contributed by atoms with E-state index >= 15 is 0 Å². The second-order valence-corrected chi connectivity index (χ2v) is 4.83. The first-order chi connectivity index (χ1) is 8.19. The van der Waals surface area contributed by atoms with E-state index in [9.17, 15) is 0 Å². The molecular weight excluding hydrogens is 236 g/mol. The van der Waals surface area contributed by atoms with Crippen LogP contribution in [0.4, 0.5) is 0 Å². The second-order valence-electron chi connectivity index (χ2n) is 4.42. The van der Waals surface area contributed by atoms with Gasteiger partial charge in [0.15, 0.2) is 0 Å². The first kappa shape index (κ1) is 12.2. The number of halogens is 1. The Hall–Kier alpha value is -1.24. The maximum atomic E-state index is 8.77. The number of nitrogens with two attached hydrogens (primary N) is 1. The van der Waals surface area contributed by atoms with Crippen LogP contribution >= 0.6 is 11.6 Å². The second kappa shape index (κ2) is 5.39. The van der Waals surface area contributed by atoms with E-state index in [0.717, 1.165) is 25.7 Å². The van der Waals surface area contributed by atoms with Crippen LogP contribution in [-0.4, -0.2) is 12.1 Å². The molecule has 17 heavy (non-hydrogen) atoms. The molecule has 0 amide bonds. The van der Waals surface area contributed by atoms with Crippen molar-refractivity contribution in [1.29, 1.82) is 5.26 Å². The van der Waals surface area contributed by atoms with Gasteiger partial charge in [-0.15, -0.1) is 0 Å². The summed E-state index contributed by atoms with van der Waals surface area (Å²) in [6, 6.07) is 7.42. The van der Waals surface area contributed by atoms with Crippen LogP contribution in [0.1, 0.15) is 31.2 Å². The lowest BCUT2D eigenvalue weighted by molar-refractivity contribution is 0.144. The summed E-state index contributed by atoms with van der Waals surface area (Å²) in [5.41, 5.74) is 6.38. The van der Waals surface area contributed by atoms with Gasteiger partial charge in [0.1, 0.15) is 17.9 Å². The molecule has 0 aromatic heterocycles. The van der Waals surface area contributed by atoms with Crippen molar-refractivity contribution in [2.75, 3.05) is 0 Å². The zero-order chi connectivity index (χ0) is 12.3. The van der Waals surface area contributed by atoms with Crippen LogP contribution in [-0.2, 0) is 0 Å². The lowest BCUT2D eigenvalue weighted by atomic mass is 9.93. The van der Waals surface area contributed by atoms with Gasteiger partial charge in [0.2, 0.25) is 0 Å². The van der Waals surface area contributed by atoms with Gasteiger partial charge in [0, 0.05) is 12.1 Å². The summed E-state index contributed by atoms with van der Waals surface area (Å²) in [7, 11) is 0. The van der Waals surface area contributed by atoms with Crippen LogP contribution in [0.3, 0.4) is 0 Å². The molecule has 2 N–H and O–H groups in total. The molecule has 0 heterocycles. The number of hydrogen-bond acceptors (Lipinski definition) is 3. The summed E-state index contributed by atoms with van der Waals surface area (Å²) in [4.78, 5) is 0. The van der Waals surface area contributed by atoms with Gasteiger partial charge in [-0.2, -0.15) is 5.26 Å². The normalized spacial score (nSPS) is 24.1. The van der Waals surface area contributed by atoms with Crippen molar-refractivity contribution in [3.8, 4) is 11.8 Å². The molecule has 1 fully saturated rings. The summed E-state index contributed by atoms with van der Waals surface area (Å²) in [5.74, 6) is 0.716. The fraction of sp³-hybridized carbons (Fsp3) is 0.462. The van der Waals surface area contributed by atoms with E-state index in [2.05, 4.69) is 0 Å². The first-order valence-corrected chi connectivity index (χ1v) is 6.18. The highest BCUT2D eigenvalue weighted by molar-refractivity contribution is 6.31. The zero-order valence-corrected chi connectivity index (χ0v) is 10.3. The number of rotatable bonds is 2. The minimum Gasteiger partial charge on any atom is -0.490 e. The molecule has 1 aliphatic rings. The summed E-state index contributed by atoms with van der Waals surface area (Å²) in [6.45, 7) is 0. The number of ether oxygens (including phenoxy) is 1. The van der Waals surface area contributed by atoms with Gasteiger partial charge in [-0.05, 0) is 37.8 Å². The molecule has 4 heteroatoms. The third-order valence-corrected chi connectivity index (χ3v) is 3.34. The fourth-order valence-electron chi connectivity index (χ4n) is 2.14. The highest BCUT2D eigenvalue weighted by Gasteiger charge is 2.20. The average Bonchev–Trinajstić information content (AvgIpc) is 2.29. The molecule has 2 unspecified atom stereocenters. The molecule has 0 aliphatic heterocycles. The molecular formula is C13H15ClN2O. The van der Waals surface area contributed by atoms with E-state index in [1.165, 1.54) is 0 Å². The van der Waals surface area contributed by atoms with Gasteiger partial charge in [-0.1, -0.05) is 11.6 Å². The van der Waals surface area contributed by atoms with Gasteiger partial charge in [0.05, 0.1) is 10.6 Å². The van der Waals surface area contributed by atoms with E-state index < -0.39 is 0 Å². The summed E-state index contributed by atoms with van der Waals surface area (Å²) in [6.07, 6.45) is 4.27. The molecule has 0 spiro atoms. The number of nitrogens with zero attached hydrogens (tertiary/aromatic N) is 1. The molecule has 1 aromatic rings. The third kappa shape index (κ3) is 3.12. The highest BCUT2D eigenvalue weighted by atomic mass is 35.5. The van der Waals surface area contributed by atoms with E-state index in [4.69, 9.17) is 27.3 Å². The fourth-order valence-corrected chi connectivity index (χ4v) is 2.35. The van der Waals surface area contributed by atoms with E-state index in [1.54, 1.807) is 18.2 Å². The van der Waals surface area contributed by atoms with Crippen molar-refractivity contribution in [3.63, 3.8) is 0 Å². The smallest absolute Gasteiger partial charge is 0.121 e. The molecule has 90 valence electrons. The van der Waals surface area contributed by atoms with Crippen LogP contribution in [0.25, 0.3) is 0 Å². The molecule has 2 atom stereocenters. The van der Waals surface area contributed by atoms with E-state index in [1.807, 2.05) is 6.07 Å². The molecule has 0 saturated heterocycles. The number of nitriles is 1. The Kier molecular flexibility index (Phi) is 3.88. The van der Waals surface area contributed by atoms with Crippen molar-refractivity contribution in [2.24, 2.45) is 5.73 Å². The minimum atomic E-state index is 0.169. The van der Waals surface area contributed by atoms with Gasteiger partial charge in [-0.25, -0.2) is 0 Å². The molecule has 2 rings (SSSR count). The Morgan fingerprint density at radius 2 is 2.24 bits per heavy atom. The van der Waals surface area contributed by atoms with Gasteiger partial charge in [0.25, 0.3) is 0 Å². The highest BCUT2D eigenvalue weighted by Crippen LogP contribution is 2.26. The molecule has 0 bridgehead atoms. The Balaban J connectivity index is 2.04. The minimum absolute atomic E-state index is 0.169. The van der Waals surface area contributed by atoms with Crippen molar-refractivity contribution in [3.05, 3.63) is 28.8 Å². The number of hydrogen-bond donors (Lipinski definition) is 1. The van der Waals surface area contributed by atoms with Gasteiger partial charge in [-0.3, -0.25) is 0 Å². The van der Waals surface area contributed by atoms with Crippen LogP contribution in [0.15, 0.2) is 18.2 Å². The Morgan fingerprint density at radius 3 is 2.88 bits per heavy atom. The van der Waals surface area contributed by atoms with E-state index in [0.29, 0.717) is 16.3 Å². The largest absolute Gasteiger partial charge is 0.490 e. The van der Waals surface area contributed by atoms with Crippen LogP contribution in [0.2, 0.25) is 5.02 Å². The maximum absolute atomic E-state index is 8.77. The van der Waals surface area contributed by atoms with Crippen LogP contribution in [0.5, 0.6) is 5.75 Å². The quantitative estimate of drug-likeness (QED) is 0.878. The van der Waals surface area contributed by atoms with Crippen molar-refractivity contribution in [1.82, 2.24) is 0 Å². The molecule has 3 nitrogen and oxygen atoms in total. The Labute approximate surface area is 106 Å². The molecule has 1 saturated carbocycles. The van der Waals surface area contributed by atoms with Gasteiger partial charge < -0.3 is 10.5 Å². The monoisotopic (exact) mass is 250 g/mol. The summed E-state index contributed by atoms with van der Waals surface area (Å²) < 4.78 is 5.83. The SMILES string of the molecule is N#Cc1ccc(OC2CCCC(N)C2)cc1Cl. The van der Waals surface area contributed by atoms with Crippen molar-refractivity contribution < 1.29 is 4.74 Å². The third-order valence-electron chi connectivity index (χ3n) is 3.03. The summed E-state index contributed by atoms with van der Waals surface area (Å²) in [5, 5.41) is 9.21. The van der Waals surface area contributed by atoms with Crippen LogP contribution < -0.4 is 10.5 Å². The van der Waals surface area contributed by atoms with E-state index in [-0.39, 0.29) is 12.1 Å². The average molecular weight is 251 g/mol. The van der Waals surface area contributed by atoms with Crippen molar-refractivity contribution in [2.45, 2.75) is 37.8 Å². The topological polar surface area (TPSA) is 59.0 Å². The summed E-state index contributed by atoms with van der Waals surface area (Å²) >= 11 is 5.95. The molecule has 1 aliphatic carbocycles. The standard InChI is InChI=1S/C13H15ClN2O/c14-13-7-12(5-4-9(13)8-15)17-11-3-1-2-10(16)6-11/h4-5,7,10-11H,1-3,6,16H2. The molecule has 0 radical (unpaired) electrons. The lowest BCUT2D eigenvalue weighted by Gasteiger charge is -2.27. The van der Waals surface area contributed by atoms with Crippen LogP contribution in [0, 0.1) is 11.3 Å². The molecule has 1 aromatic carbocycles. The predicted molar refractivity (Wildman–Crippen MR) is 67.0 cm³/mol. The Bertz CT molecular complexity index is 442. The number of benzene rings is 1. The predicted octanol–water partition coefficient (Wildman–Crippen LogP) is 2.86. The Morgan fingerprint density at radius 1 is 1.41 bits per heavy atom. The lowest BCUT2D eigenvalue weighted by Crippen LogP contribution is -2.33. The first-order valence-electron chi connectivity index (χ1n) is 5.81. The zero-order valence-electron chi connectivity index (χ0n) is 9.53. The maximum Gasteiger partial charge on any atom is 0.121 e. The van der Waals surface area contributed by atoms with Crippen molar-refractivity contribution >= 4 is 11.6 Å². The van der Waals surface area contributed by atoms with Gasteiger partial charge >= 0.3 is 0 Å².